The average molecular weight is 276 g/mol. The molecule has 0 unspecified atom stereocenters. The summed E-state index contributed by atoms with van der Waals surface area (Å²) in [6.07, 6.45) is 5.59. The van der Waals surface area contributed by atoms with Gasteiger partial charge in [0.1, 0.15) is 5.69 Å². The first-order chi connectivity index (χ1) is 9.38. The van der Waals surface area contributed by atoms with Gasteiger partial charge < -0.3 is 9.09 Å². The third-order valence-corrected chi connectivity index (χ3v) is 3.40. The van der Waals surface area contributed by atoms with E-state index in [1.807, 2.05) is 36.8 Å². The molecule has 0 N–H and O–H groups in total. The smallest absolute Gasteiger partial charge is 0.167 e. The molecule has 0 spiro atoms. The van der Waals surface area contributed by atoms with Gasteiger partial charge in [0.15, 0.2) is 5.58 Å². The van der Waals surface area contributed by atoms with Gasteiger partial charge in [-0.2, -0.15) is 0 Å². The molecule has 3 rings (SSSR count). The first kappa shape index (κ1) is 12.2. The van der Waals surface area contributed by atoms with E-state index in [2.05, 4.69) is 14.7 Å². The highest BCUT2D eigenvalue weighted by Gasteiger charge is 2.10. The van der Waals surface area contributed by atoms with Crippen molar-refractivity contribution in [3.63, 3.8) is 0 Å². The van der Waals surface area contributed by atoms with Crippen LogP contribution in [0.3, 0.4) is 0 Å². The Morgan fingerprint density at radius 1 is 1.26 bits per heavy atom. The molecule has 2 aromatic heterocycles. The molecule has 19 heavy (non-hydrogen) atoms. The Balaban J connectivity index is 1.87. The summed E-state index contributed by atoms with van der Waals surface area (Å²) in [5.41, 5.74) is 2.92. The third-order valence-electron chi connectivity index (χ3n) is 3.14. The Morgan fingerprint density at radius 2 is 2.16 bits per heavy atom. The molecule has 0 saturated heterocycles. The summed E-state index contributed by atoms with van der Waals surface area (Å²) in [6, 6.07) is 7.89. The molecule has 0 aliphatic carbocycles. The SMILES string of the molecule is ClCCCc1cncn1Cc1noc2ccccc12. The maximum atomic E-state index is 5.73. The van der Waals surface area contributed by atoms with Crippen LogP contribution in [0.5, 0.6) is 0 Å². The molecule has 0 aliphatic rings. The van der Waals surface area contributed by atoms with Gasteiger partial charge in [-0.25, -0.2) is 4.98 Å². The number of nitrogens with zero attached hydrogens (tertiary/aromatic N) is 3. The standard InChI is InChI=1S/C14H14ClN3O/c15-7-3-4-11-8-16-10-18(11)9-13-12-5-1-2-6-14(12)19-17-13/h1-2,5-6,8,10H,3-4,7,9H2. The molecule has 0 aliphatic heterocycles. The van der Waals surface area contributed by atoms with Gasteiger partial charge in [-0.05, 0) is 25.0 Å². The van der Waals surface area contributed by atoms with Crippen molar-refractivity contribution in [2.45, 2.75) is 19.4 Å². The highest BCUT2D eigenvalue weighted by atomic mass is 35.5. The van der Waals surface area contributed by atoms with Crippen LogP contribution in [0.25, 0.3) is 11.0 Å². The van der Waals surface area contributed by atoms with E-state index in [0.717, 1.165) is 29.5 Å². The van der Waals surface area contributed by atoms with Crippen LogP contribution in [0.15, 0.2) is 41.3 Å². The number of rotatable bonds is 5. The quantitative estimate of drug-likeness (QED) is 0.672. The van der Waals surface area contributed by atoms with E-state index < -0.39 is 0 Å². The maximum Gasteiger partial charge on any atom is 0.167 e. The zero-order valence-electron chi connectivity index (χ0n) is 10.4. The molecule has 5 heteroatoms. The van der Waals surface area contributed by atoms with Crippen molar-refractivity contribution >= 4 is 22.6 Å². The topological polar surface area (TPSA) is 43.9 Å². The predicted molar refractivity (Wildman–Crippen MR) is 74.4 cm³/mol. The van der Waals surface area contributed by atoms with Crippen LogP contribution in [0.1, 0.15) is 17.8 Å². The van der Waals surface area contributed by atoms with Crippen molar-refractivity contribution in [3.05, 3.63) is 48.2 Å². The molecule has 98 valence electrons. The predicted octanol–water partition coefficient (Wildman–Crippen LogP) is 3.24. The van der Waals surface area contributed by atoms with Crippen LogP contribution in [-0.4, -0.2) is 20.6 Å². The zero-order valence-corrected chi connectivity index (χ0v) is 11.2. The lowest BCUT2D eigenvalue weighted by atomic mass is 10.2. The van der Waals surface area contributed by atoms with Crippen LogP contribution >= 0.6 is 11.6 Å². The molecule has 0 fully saturated rings. The lowest BCUT2D eigenvalue weighted by molar-refractivity contribution is 0.442. The van der Waals surface area contributed by atoms with Crippen LogP contribution in [0.2, 0.25) is 0 Å². The van der Waals surface area contributed by atoms with Crippen molar-refractivity contribution in [1.82, 2.24) is 14.7 Å². The minimum absolute atomic E-state index is 0.665. The number of para-hydroxylation sites is 1. The van der Waals surface area contributed by atoms with Crippen LogP contribution in [0.4, 0.5) is 0 Å². The average Bonchev–Trinajstić information content (AvgIpc) is 3.05. The van der Waals surface area contributed by atoms with E-state index in [-0.39, 0.29) is 0 Å². The Bertz CT molecular complexity index is 674. The largest absolute Gasteiger partial charge is 0.356 e. The lowest BCUT2D eigenvalue weighted by Crippen LogP contribution is -2.04. The molecule has 0 radical (unpaired) electrons. The van der Waals surface area contributed by atoms with E-state index in [9.17, 15) is 0 Å². The van der Waals surface area contributed by atoms with E-state index in [1.54, 1.807) is 0 Å². The van der Waals surface area contributed by atoms with Gasteiger partial charge in [0.2, 0.25) is 0 Å². The fourth-order valence-corrected chi connectivity index (χ4v) is 2.29. The zero-order chi connectivity index (χ0) is 13.1. The van der Waals surface area contributed by atoms with Gasteiger partial charge in [0.05, 0.1) is 12.9 Å². The van der Waals surface area contributed by atoms with Crippen LogP contribution < -0.4 is 0 Å². The molecule has 3 aromatic rings. The third kappa shape index (κ3) is 2.49. The second-order valence-corrected chi connectivity index (χ2v) is 4.81. The Hall–Kier alpha value is -1.81. The first-order valence-electron chi connectivity index (χ1n) is 6.27. The summed E-state index contributed by atoms with van der Waals surface area (Å²) in [6.45, 7) is 0.675. The molecule has 2 heterocycles. The molecule has 1 aromatic carbocycles. The van der Waals surface area contributed by atoms with Crippen molar-refractivity contribution in [2.75, 3.05) is 5.88 Å². The second kappa shape index (κ2) is 5.45. The lowest BCUT2D eigenvalue weighted by Gasteiger charge is -2.05. The van der Waals surface area contributed by atoms with Gasteiger partial charge in [-0.3, -0.25) is 0 Å². The Kier molecular flexibility index (Phi) is 3.51. The van der Waals surface area contributed by atoms with E-state index >= 15 is 0 Å². The summed E-state index contributed by atoms with van der Waals surface area (Å²) in [4.78, 5) is 4.20. The Morgan fingerprint density at radius 3 is 3.05 bits per heavy atom. The number of benzene rings is 1. The van der Waals surface area contributed by atoms with Crippen LogP contribution in [0, 0.1) is 0 Å². The highest BCUT2D eigenvalue weighted by Crippen LogP contribution is 2.19. The summed E-state index contributed by atoms with van der Waals surface area (Å²) in [7, 11) is 0. The summed E-state index contributed by atoms with van der Waals surface area (Å²) in [5, 5.41) is 5.20. The van der Waals surface area contributed by atoms with Crippen molar-refractivity contribution in [3.8, 4) is 0 Å². The number of imidazole rings is 1. The van der Waals surface area contributed by atoms with Gasteiger partial charge in [-0.15, -0.1) is 11.6 Å². The number of halogens is 1. The van der Waals surface area contributed by atoms with Crippen molar-refractivity contribution < 1.29 is 4.52 Å². The first-order valence-corrected chi connectivity index (χ1v) is 6.80. The molecule has 4 nitrogen and oxygen atoms in total. The van der Waals surface area contributed by atoms with E-state index in [1.165, 1.54) is 5.69 Å². The number of alkyl halides is 1. The number of aryl methyl sites for hydroxylation is 1. The molecule has 0 amide bonds. The number of fused-ring (bicyclic) bond motifs is 1. The summed E-state index contributed by atoms with van der Waals surface area (Å²) in [5.74, 6) is 0.665. The maximum absolute atomic E-state index is 5.73. The van der Waals surface area contributed by atoms with Gasteiger partial charge in [-0.1, -0.05) is 17.3 Å². The summed E-state index contributed by atoms with van der Waals surface area (Å²) >= 11 is 5.73. The number of hydrogen-bond donors (Lipinski definition) is 0. The van der Waals surface area contributed by atoms with Gasteiger partial charge in [0.25, 0.3) is 0 Å². The van der Waals surface area contributed by atoms with Gasteiger partial charge >= 0.3 is 0 Å². The van der Waals surface area contributed by atoms with Crippen molar-refractivity contribution in [1.29, 1.82) is 0 Å². The normalized spacial score (nSPS) is 11.2. The molecule has 0 saturated carbocycles. The fourth-order valence-electron chi connectivity index (χ4n) is 2.16. The minimum Gasteiger partial charge on any atom is -0.356 e. The molecular formula is C14H14ClN3O. The molecule has 0 bridgehead atoms. The molecule has 0 atom stereocenters. The minimum atomic E-state index is 0.665. The van der Waals surface area contributed by atoms with Crippen LogP contribution in [-0.2, 0) is 13.0 Å². The van der Waals surface area contributed by atoms with E-state index in [0.29, 0.717) is 12.4 Å². The Labute approximate surface area is 116 Å². The number of hydrogen-bond acceptors (Lipinski definition) is 3. The van der Waals surface area contributed by atoms with E-state index in [4.69, 9.17) is 16.1 Å². The van der Waals surface area contributed by atoms with Crippen molar-refractivity contribution in [2.24, 2.45) is 0 Å². The monoisotopic (exact) mass is 275 g/mol. The summed E-state index contributed by atoms with van der Waals surface area (Å²) < 4.78 is 7.41. The molecular weight excluding hydrogens is 262 g/mol. The highest BCUT2D eigenvalue weighted by molar-refractivity contribution is 6.17. The number of aromatic nitrogens is 3. The fraction of sp³-hybridized carbons (Fsp3) is 0.286. The second-order valence-electron chi connectivity index (χ2n) is 4.43. The van der Waals surface area contributed by atoms with Gasteiger partial charge in [0, 0.05) is 23.2 Å².